The van der Waals surface area contributed by atoms with Gasteiger partial charge in [-0.2, -0.15) is 0 Å². The third-order valence-electron chi connectivity index (χ3n) is 4.67. The number of halogens is 1. The lowest BCUT2D eigenvalue weighted by Gasteiger charge is -2.19. The number of carboxylic acids is 1. The molecule has 1 aromatic heterocycles. The van der Waals surface area contributed by atoms with E-state index in [4.69, 9.17) is 11.6 Å². The number of aromatic hydroxyl groups is 1. The van der Waals surface area contributed by atoms with Crippen molar-refractivity contribution in [3.8, 4) is 5.75 Å². The fourth-order valence-electron chi connectivity index (χ4n) is 3.32. The molecular weight excluding hydrogens is 326 g/mol. The van der Waals surface area contributed by atoms with Gasteiger partial charge in [0.1, 0.15) is 5.56 Å². The molecule has 1 saturated carbocycles. The molecule has 4 rings (SSSR count). The van der Waals surface area contributed by atoms with Gasteiger partial charge in [0, 0.05) is 15.8 Å². The van der Waals surface area contributed by atoms with Gasteiger partial charge in [-0.3, -0.25) is 0 Å². The molecule has 0 atom stereocenters. The SMILES string of the molecule is O=C(O)c1c(O)c(C2(c3ccccc3)CC2)nc2cc(Cl)ccc12. The predicted octanol–water partition coefficient (Wildman–Crippen LogP) is 4.37. The van der Waals surface area contributed by atoms with Crippen molar-refractivity contribution in [2.45, 2.75) is 18.3 Å². The average molecular weight is 340 g/mol. The highest BCUT2D eigenvalue weighted by Gasteiger charge is 2.49. The van der Waals surface area contributed by atoms with Crippen LogP contribution >= 0.6 is 11.6 Å². The van der Waals surface area contributed by atoms with E-state index in [0.717, 1.165) is 18.4 Å². The van der Waals surface area contributed by atoms with Crippen molar-refractivity contribution in [1.29, 1.82) is 0 Å². The lowest BCUT2D eigenvalue weighted by atomic mass is 9.89. The molecule has 0 aliphatic heterocycles. The summed E-state index contributed by atoms with van der Waals surface area (Å²) < 4.78 is 0. The van der Waals surface area contributed by atoms with Crippen molar-refractivity contribution in [3.05, 3.63) is 70.4 Å². The highest BCUT2D eigenvalue weighted by atomic mass is 35.5. The first-order valence-electron chi connectivity index (χ1n) is 7.64. The Kier molecular flexibility index (Phi) is 3.25. The van der Waals surface area contributed by atoms with Crippen LogP contribution in [0.25, 0.3) is 10.9 Å². The van der Waals surface area contributed by atoms with Crippen molar-refractivity contribution < 1.29 is 15.0 Å². The van der Waals surface area contributed by atoms with Gasteiger partial charge in [0.05, 0.1) is 11.2 Å². The first kappa shape index (κ1) is 15.0. The Morgan fingerprint density at radius 1 is 1.12 bits per heavy atom. The van der Waals surface area contributed by atoms with Gasteiger partial charge in [-0.25, -0.2) is 9.78 Å². The maximum absolute atomic E-state index is 11.7. The smallest absolute Gasteiger partial charge is 0.340 e. The van der Waals surface area contributed by atoms with Gasteiger partial charge < -0.3 is 10.2 Å². The molecule has 2 N–H and O–H groups in total. The highest BCUT2D eigenvalue weighted by Crippen LogP contribution is 2.56. The normalized spacial score (nSPS) is 15.4. The Morgan fingerprint density at radius 3 is 2.46 bits per heavy atom. The van der Waals surface area contributed by atoms with Gasteiger partial charge in [0.25, 0.3) is 0 Å². The van der Waals surface area contributed by atoms with E-state index < -0.39 is 11.4 Å². The summed E-state index contributed by atoms with van der Waals surface area (Å²) in [5.41, 5.74) is 1.39. The quantitative estimate of drug-likeness (QED) is 0.743. The predicted molar refractivity (Wildman–Crippen MR) is 91.8 cm³/mol. The molecule has 24 heavy (non-hydrogen) atoms. The maximum atomic E-state index is 11.7. The second-order valence-corrected chi connectivity index (χ2v) is 6.54. The molecule has 0 spiro atoms. The minimum absolute atomic E-state index is 0.117. The molecule has 4 nitrogen and oxygen atoms in total. The molecule has 0 saturated heterocycles. The maximum Gasteiger partial charge on any atom is 0.340 e. The van der Waals surface area contributed by atoms with Crippen LogP contribution in [-0.2, 0) is 5.41 Å². The number of benzene rings is 2. The number of carbonyl (C=O) groups is 1. The summed E-state index contributed by atoms with van der Waals surface area (Å²) in [6.45, 7) is 0. The van der Waals surface area contributed by atoms with Crippen molar-refractivity contribution >= 4 is 28.5 Å². The highest BCUT2D eigenvalue weighted by molar-refractivity contribution is 6.31. The Labute approximate surface area is 143 Å². The minimum Gasteiger partial charge on any atom is -0.505 e. The van der Waals surface area contributed by atoms with Crippen LogP contribution in [0.5, 0.6) is 5.75 Å². The third kappa shape index (κ3) is 2.14. The Hall–Kier alpha value is -2.59. The minimum atomic E-state index is -1.17. The lowest BCUT2D eigenvalue weighted by Crippen LogP contribution is -2.14. The van der Waals surface area contributed by atoms with Gasteiger partial charge in [-0.15, -0.1) is 0 Å². The summed E-state index contributed by atoms with van der Waals surface area (Å²) in [5.74, 6) is -1.42. The van der Waals surface area contributed by atoms with Gasteiger partial charge in [-0.05, 0) is 30.5 Å². The molecule has 1 aliphatic rings. The molecular formula is C19H14ClNO3. The fourth-order valence-corrected chi connectivity index (χ4v) is 3.49. The number of aromatic nitrogens is 1. The molecule has 1 fully saturated rings. The number of fused-ring (bicyclic) bond motifs is 1. The Bertz CT molecular complexity index is 965. The zero-order valence-corrected chi connectivity index (χ0v) is 13.4. The second kappa shape index (κ2) is 5.21. The fraction of sp³-hybridized carbons (Fsp3) is 0.158. The molecule has 0 unspecified atom stereocenters. The van der Waals surface area contributed by atoms with Gasteiger partial charge in [0.15, 0.2) is 5.75 Å². The van der Waals surface area contributed by atoms with Crippen LogP contribution in [0, 0.1) is 0 Å². The molecule has 2 aromatic carbocycles. The summed E-state index contributed by atoms with van der Waals surface area (Å²) in [7, 11) is 0. The average Bonchev–Trinajstić information content (AvgIpc) is 3.36. The zero-order chi connectivity index (χ0) is 16.9. The van der Waals surface area contributed by atoms with Crippen molar-refractivity contribution in [1.82, 2.24) is 4.98 Å². The van der Waals surface area contributed by atoms with Gasteiger partial charge in [0.2, 0.25) is 0 Å². The first-order valence-corrected chi connectivity index (χ1v) is 8.02. The van der Waals surface area contributed by atoms with E-state index in [-0.39, 0.29) is 11.3 Å². The van der Waals surface area contributed by atoms with Crippen LogP contribution in [-0.4, -0.2) is 21.2 Å². The number of hydrogen-bond donors (Lipinski definition) is 2. The van der Waals surface area contributed by atoms with E-state index in [1.165, 1.54) is 0 Å². The number of aromatic carboxylic acids is 1. The summed E-state index contributed by atoms with van der Waals surface area (Å²) >= 11 is 6.04. The zero-order valence-electron chi connectivity index (χ0n) is 12.7. The van der Waals surface area contributed by atoms with E-state index in [0.29, 0.717) is 21.6 Å². The first-order chi connectivity index (χ1) is 11.5. The number of hydrogen-bond acceptors (Lipinski definition) is 3. The third-order valence-corrected chi connectivity index (χ3v) is 4.90. The molecule has 0 amide bonds. The summed E-state index contributed by atoms with van der Waals surface area (Å²) in [4.78, 5) is 16.3. The van der Waals surface area contributed by atoms with Crippen LogP contribution in [0.2, 0.25) is 5.02 Å². The van der Waals surface area contributed by atoms with Crippen LogP contribution in [0.15, 0.2) is 48.5 Å². The Morgan fingerprint density at radius 2 is 1.83 bits per heavy atom. The lowest BCUT2D eigenvalue weighted by molar-refractivity contribution is 0.0695. The standard InChI is InChI=1S/C19H14ClNO3/c20-12-6-7-13-14(10-12)21-17(16(22)15(13)18(23)24)19(8-9-19)11-4-2-1-3-5-11/h1-7,10,22H,8-9H2,(H,23,24). The molecule has 120 valence electrons. The van der Waals surface area contributed by atoms with Crippen LogP contribution in [0.1, 0.15) is 34.5 Å². The summed E-state index contributed by atoms with van der Waals surface area (Å²) in [5, 5.41) is 21.1. The molecule has 3 aromatic rings. The molecule has 1 aliphatic carbocycles. The number of carboxylic acid groups (broad SMARTS) is 1. The monoisotopic (exact) mass is 339 g/mol. The summed E-state index contributed by atoms with van der Waals surface area (Å²) in [6, 6.07) is 14.6. The van der Waals surface area contributed by atoms with Crippen LogP contribution in [0.4, 0.5) is 0 Å². The number of nitrogens with zero attached hydrogens (tertiary/aromatic N) is 1. The largest absolute Gasteiger partial charge is 0.505 e. The van der Waals surface area contributed by atoms with E-state index in [9.17, 15) is 15.0 Å². The second-order valence-electron chi connectivity index (χ2n) is 6.10. The summed E-state index contributed by atoms with van der Waals surface area (Å²) in [6.07, 6.45) is 1.64. The van der Waals surface area contributed by atoms with E-state index >= 15 is 0 Å². The molecule has 0 radical (unpaired) electrons. The van der Waals surface area contributed by atoms with Crippen molar-refractivity contribution in [2.75, 3.05) is 0 Å². The Balaban J connectivity index is 2.03. The van der Waals surface area contributed by atoms with Crippen LogP contribution in [0.3, 0.4) is 0 Å². The van der Waals surface area contributed by atoms with E-state index in [2.05, 4.69) is 4.98 Å². The van der Waals surface area contributed by atoms with Gasteiger partial charge >= 0.3 is 5.97 Å². The van der Waals surface area contributed by atoms with E-state index in [1.54, 1.807) is 18.2 Å². The topological polar surface area (TPSA) is 70.4 Å². The van der Waals surface area contributed by atoms with Crippen LogP contribution < -0.4 is 0 Å². The van der Waals surface area contributed by atoms with Crippen molar-refractivity contribution in [3.63, 3.8) is 0 Å². The van der Waals surface area contributed by atoms with E-state index in [1.807, 2.05) is 30.3 Å². The molecule has 1 heterocycles. The molecule has 0 bridgehead atoms. The number of pyridine rings is 1. The van der Waals surface area contributed by atoms with Crippen molar-refractivity contribution in [2.24, 2.45) is 0 Å². The molecule has 5 heteroatoms. The number of rotatable bonds is 3. The van der Waals surface area contributed by atoms with Gasteiger partial charge in [-0.1, -0.05) is 48.0 Å².